The summed E-state index contributed by atoms with van der Waals surface area (Å²) in [6, 6.07) is 6.14. The van der Waals surface area contributed by atoms with Gasteiger partial charge in [0.2, 0.25) is 0 Å². The molecule has 0 atom stereocenters. The lowest BCUT2D eigenvalue weighted by Gasteiger charge is -2.13. The normalized spacial score (nSPS) is 10.5. The van der Waals surface area contributed by atoms with Crippen molar-refractivity contribution in [3.8, 4) is 5.75 Å². The zero-order chi connectivity index (χ0) is 12.5. The second-order valence-corrected chi connectivity index (χ2v) is 4.90. The van der Waals surface area contributed by atoms with Gasteiger partial charge in [-0.05, 0) is 24.8 Å². The molecule has 0 aliphatic rings. The van der Waals surface area contributed by atoms with Crippen LogP contribution < -0.4 is 10.5 Å². The molecule has 0 radical (unpaired) electrons. The predicted octanol–water partition coefficient (Wildman–Crippen LogP) is 3.83. The van der Waals surface area contributed by atoms with Gasteiger partial charge in [0, 0.05) is 17.0 Å². The molecule has 1 rings (SSSR count). The fourth-order valence-electron chi connectivity index (χ4n) is 1.78. The molecule has 3 heteroatoms. The minimum atomic E-state index is 0.543. The van der Waals surface area contributed by atoms with Crippen LogP contribution in [0, 0.1) is 0 Å². The average molecular weight is 253 g/mol. The number of benzene rings is 1. The van der Waals surface area contributed by atoms with Crippen molar-refractivity contribution >= 4 is 11.8 Å². The van der Waals surface area contributed by atoms with Gasteiger partial charge in [-0.15, -0.1) is 11.8 Å². The van der Waals surface area contributed by atoms with Gasteiger partial charge in [0.1, 0.15) is 5.75 Å². The molecule has 0 saturated heterocycles. The Labute approximate surface area is 109 Å². The topological polar surface area (TPSA) is 35.2 Å². The first-order valence-electron chi connectivity index (χ1n) is 6.32. The highest BCUT2D eigenvalue weighted by atomic mass is 32.2. The fraction of sp³-hybridized carbons (Fsp3) is 0.571. The number of nitrogens with two attached hydrogens (primary N) is 1. The van der Waals surface area contributed by atoms with E-state index in [1.54, 1.807) is 11.8 Å². The van der Waals surface area contributed by atoms with Crippen LogP contribution >= 0.6 is 11.8 Å². The summed E-state index contributed by atoms with van der Waals surface area (Å²) >= 11 is 1.72. The van der Waals surface area contributed by atoms with E-state index in [1.165, 1.54) is 24.2 Å². The molecule has 0 bridgehead atoms. The first-order chi connectivity index (χ1) is 8.33. The van der Waals surface area contributed by atoms with Crippen molar-refractivity contribution in [2.75, 3.05) is 12.9 Å². The van der Waals surface area contributed by atoms with E-state index in [0.717, 1.165) is 24.3 Å². The molecule has 0 aliphatic carbocycles. The van der Waals surface area contributed by atoms with Crippen molar-refractivity contribution < 1.29 is 4.74 Å². The van der Waals surface area contributed by atoms with Gasteiger partial charge < -0.3 is 10.5 Å². The quantitative estimate of drug-likeness (QED) is 0.565. The Kier molecular flexibility index (Phi) is 7.13. The molecule has 17 heavy (non-hydrogen) atoms. The van der Waals surface area contributed by atoms with E-state index in [2.05, 4.69) is 19.2 Å². The molecular formula is C14H23NOS. The van der Waals surface area contributed by atoms with Crippen LogP contribution in [0.4, 0.5) is 0 Å². The van der Waals surface area contributed by atoms with E-state index in [9.17, 15) is 0 Å². The van der Waals surface area contributed by atoms with Gasteiger partial charge in [-0.25, -0.2) is 0 Å². The average Bonchev–Trinajstić information content (AvgIpc) is 2.38. The number of ether oxygens (including phenoxy) is 1. The number of rotatable bonds is 8. The van der Waals surface area contributed by atoms with Crippen molar-refractivity contribution in [2.24, 2.45) is 5.73 Å². The van der Waals surface area contributed by atoms with Crippen molar-refractivity contribution in [1.82, 2.24) is 0 Å². The number of thioether (sulfide) groups is 1. The highest BCUT2D eigenvalue weighted by Gasteiger charge is 2.06. The predicted molar refractivity (Wildman–Crippen MR) is 75.8 cm³/mol. The number of unbranched alkanes of at least 4 members (excludes halogenated alkanes) is 3. The molecule has 2 nitrogen and oxygen atoms in total. The Morgan fingerprint density at radius 3 is 2.71 bits per heavy atom. The minimum Gasteiger partial charge on any atom is -0.493 e. The van der Waals surface area contributed by atoms with E-state index in [-0.39, 0.29) is 0 Å². The Morgan fingerprint density at radius 1 is 1.24 bits per heavy atom. The van der Waals surface area contributed by atoms with Crippen LogP contribution in [0.1, 0.15) is 38.2 Å². The van der Waals surface area contributed by atoms with Crippen LogP contribution in [0.15, 0.2) is 23.1 Å². The second kappa shape index (κ2) is 8.43. The fourth-order valence-corrected chi connectivity index (χ4v) is 2.43. The largest absolute Gasteiger partial charge is 0.493 e. The Balaban J connectivity index is 2.52. The molecule has 0 fully saturated rings. The molecule has 1 aromatic carbocycles. The summed E-state index contributed by atoms with van der Waals surface area (Å²) in [5, 5.41) is 0. The first kappa shape index (κ1) is 14.4. The number of hydrogen-bond acceptors (Lipinski definition) is 3. The highest BCUT2D eigenvalue weighted by molar-refractivity contribution is 7.98. The summed E-state index contributed by atoms with van der Waals surface area (Å²) < 4.78 is 5.82. The summed E-state index contributed by atoms with van der Waals surface area (Å²) in [6.45, 7) is 3.56. The van der Waals surface area contributed by atoms with Gasteiger partial charge in [-0.2, -0.15) is 0 Å². The molecule has 0 aliphatic heterocycles. The maximum Gasteiger partial charge on any atom is 0.124 e. The van der Waals surface area contributed by atoms with Crippen LogP contribution in [0.3, 0.4) is 0 Å². The Bertz CT molecular complexity index is 328. The minimum absolute atomic E-state index is 0.543. The SMILES string of the molecule is CCCCCCOc1cccc(SC)c1CN. The summed E-state index contributed by atoms with van der Waals surface area (Å²) in [6.07, 6.45) is 6.99. The maximum absolute atomic E-state index is 5.82. The third-order valence-electron chi connectivity index (χ3n) is 2.77. The molecule has 0 amide bonds. The first-order valence-corrected chi connectivity index (χ1v) is 7.54. The molecule has 0 unspecified atom stereocenters. The summed E-state index contributed by atoms with van der Waals surface area (Å²) in [7, 11) is 0. The molecule has 96 valence electrons. The summed E-state index contributed by atoms with van der Waals surface area (Å²) in [5.41, 5.74) is 6.92. The van der Waals surface area contributed by atoms with Crippen LogP contribution in [-0.2, 0) is 6.54 Å². The zero-order valence-electron chi connectivity index (χ0n) is 10.9. The standard InChI is InChI=1S/C14H23NOS/c1-3-4-5-6-10-16-13-8-7-9-14(17-2)12(13)11-15/h7-9H,3-6,10-11,15H2,1-2H3. The lowest BCUT2D eigenvalue weighted by atomic mass is 10.2. The van der Waals surface area contributed by atoms with Gasteiger partial charge in [0.05, 0.1) is 6.61 Å². The van der Waals surface area contributed by atoms with Crippen molar-refractivity contribution in [3.63, 3.8) is 0 Å². The van der Waals surface area contributed by atoms with E-state index in [0.29, 0.717) is 6.54 Å². The molecule has 0 spiro atoms. The van der Waals surface area contributed by atoms with Crippen LogP contribution in [-0.4, -0.2) is 12.9 Å². The summed E-state index contributed by atoms with van der Waals surface area (Å²) in [4.78, 5) is 1.22. The van der Waals surface area contributed by atoms with Crippen LogP contribution in [0.2, 0.25) is 0 Å². The highest BCUT2D eigenvalue weighted by Crippen LogP contribution is 2.28. The van der Waals surface area contributed by atoms with Gasteiger partial charge in [-0.3, -0.25) is 0 Å². The molecule has 0 aromatic heterocycles. The molecular weight excluding hydrogens is 230 g/mol. The lowest BCUT2D eigenvalue weighted by molar-refractivity contribution is 0.301. The molecule has 0 heterocycles. The molecule has 2 N–H and O–H groups in total. The third-order valence-corrected chi connectivity index (χ3v) is 3.59. The van der Waals surface area contributed by atoms with E-state index in [1.807, 2.05) is 12.1 Å². The van der Waals surface area contributed by atoms with Gasteiger partial charge in [0.15, 0.2) is 0 Å². The molecule has 1 aromatic rings. The Morgan fingerprint density at radius 2 is 2.06 bits per heavy atom. The van der Waals surface area contributed by atoms with Gasteiger partial charge in [-0.1, -0.05) is 32.3 Å². The second-order valence-electron chi connectivity index (χ2n) is 4.05. The van der Waals surface area contributed by atoms with Crippen molar-refractivity contribution in [2.45, 2.75) is 44.0 Å². The lowest BCUT2D eigenvalue weighted by Crippen LogP contribution is -2.05. The smallest absolute Gasteiger partial charge is 0.124 e. The van der Waals surface area contributed by atoms with Gasteiger partial charge >= 0.3 is 0 Å². The van der Waals surface area contributed by atoms with Crippen molar-refractivity contribution in [3.05, 3.63) is 23.8 Å². The monoisotopic (exact) mass is 253 g/mol. The van der Waals surface area contributed by atoms with Crippen LogP contribution in [0.25, 0.3) is 0 Å². The van der Waals surface area contributed by atoms with Gasteiger partial charge in [0.25, 0.3) is 0 Å². The summed E-state index contributed by atoms with van der Waals surface area (Å²) in [5.74, 6) is 0.954. The van der Waals surface area contributed by atoms with Crippen molar-refractivity contribution in [1.29, 1.82) is 0 Å². The van der Waals surface area contributed by atoms with E-state index in [4.69, 9.17) is 10.5 Å². The van der Waals surface area contributed by atoms with E-state index >= 15 is 0 Å². The van der Waals surface area contributed by atoms with Crippen LogP contribution in [0.5, 0.6) is 5.75 Å². The number of hydrogen-bond donors (Lipinski definition) is 1. The maximum atomic E-state index is 5.82. The molecule has 0 saturated carbocycles. The third kappa shape index (κ3) is 4.60. The zero-order valence-corrected chi connectivity index (χ0v) is 11.7. The van der Waals surface area contributed by atoms with E-state index < -0.39 is 0 Å². The Hall–Kier alpha value is -0.670.